The molecule has 17 heavy (non-hydrogen) atoms. The third kappa shape index (κ3) is 3.24. The minimum atomic E-state index is -0.0747. The van der Waals surface area contributed by atoms with E-state index in [4.69, 9.17) is 15.0 Å². The smallest absolute Gasteiger partial charge is 0.228 e. The second-order valence-electron chi connectivity index (χ2n) is 4.48. The molecule has 1 aromatic heterocycles. The van der Waals surface area contributed by atoms with E-state index in [0.717, 1.165) is 26.2 Å². The molecule has 0 aliphatic carbocycles. The summed E-state index contributed by atoms with van der Waals surface area (Å²) in [6.07, 6.45) is 0.534. The van der Waals surface area contributed by atoms with Crippen LogP contribution < -0.4 is 5.73 Å². The Labute approximate surface area is 101 Å². The lowest BCUT2D eigenvalue weighted by Crippen LogP contribution is -2.38. The highest BCUT2D eigenvalue weighted by atomic mass is 16.5. The van der Waals surface area contributed by atoms with Gasteiger partial charge in [-0.3, -0.25) is 4.90 Å². The molecule has 6 nitrogen and oxygen atoms in total. The number of nitrogens with two attached hydrogens (primary N) is 1. The van der Waals surface area contributed by atoms with Gasteiger partial charge in [-0.25, -0.2) is 0 Å². The van der Waals surface area contributed by atoms with Gasteiger partial charge < -0.3 is 15.0 Å². The second-order valence-corrected chi connectivity index (χ2v) is 4.48. The summed E-state index contributed by atoms with van der Waals surface area (Å²) in [4.78, 5) is 6.65. The van der Waals surface area contributed by atoms with Crippen molar-refractivity contribution < 1.29 is 9.26 Å². The first-order valence-corrected chi connectivity index (χ1v) is 6.11. The number of aromatic nitrogens is 2. The Bertz CT molecular complexity index is 353. The number of hydrogen-bond acceptors (Lipinski definition) is 6. The molecule has 0 spiro atoms. The molecule has 1 aliphatic rings. The molecule has 2 unspecified atom stereocenters. The lowest BCUT2D eigenvalue weighted by Gasteiger charge is -2.30. The molecule has 2 rings (SSSR count). The summed E-state index contributed by atoms with van der Waals surface area (Å²) in [5.74, 6) is 1.23. The van der Waals surface area contributed by atoms with Crippen LogP contribution in [0.2, 0.25) is 0 Å². The fourth-order valence-corrected chi connectivity index (χ4v) is 1.90. The molecular formula is C11H20N4O2. The highest BCUT2D eigenvalue weighted by Gasteiger charge is 2.25. The van der Waals surface area contributed by atoms with E-state index in [9.17, 15) is 0 Å². The molecule has 6 heteroatoms. The van der Waals surface area contributed by atoms with E-state index < -0.39 is 0 Å². The normalized spacial score (nSPS) is 23.8. The molecule has 2 atom stereocenters. The van der Waals surface area contributed by atoms with Crippen LogP contribution in [-0.4, -0.2) is 47.3 Å². The van der Waals surface area contributed by atoms with Crippen LogP contribution >= 0.6 is 0 Å². The number of ether oxygens (including phenoxy) is 1. The molecular weight excluding hydrogens is 220 g/mol. The highest BCUT2D eigenvalue weighted by Crippen LogP contribution is 2.19. The van der Waals surface area contributed by atoms with Gasteiger partial charge in [0, 0.05) is 25.6 Å². The first kappa shape index (κ1) is 12.5. The van der Waals surface area contributed by atoms with Crippen molar-refractivity contribution in [2.45, 2.75) is 32.4 Å². The van der Waals surface area contributed by atoms with E-state index in [2.05, 4.69) is 22.0 Å². The molecule has 1 saturated heterocycles. The SMILES string of the molecule is CCN1CCOC(c2noc(CC(C)N)n2)C1. The topological polar surface area (TPSA) is 77.4 Å². The van der Waals surface area contributed by atoms with E-state index in [1.165, 1.54) is 0 Å². The van der Waals surface area contributed by atoms with Gasteiger partial charge in [0.25, 0.3) is 0 Å². The van der Waals surface area contributed by atoms with Gasteiger partial charge in [-0.15, -0.1) is 0 Å². The van der Waals surface area contributed by atoms with Gasteiger partial charge >= 0.3 is 0 Å². The van der Waals surface area contributed by atoms with Crippen LogP contribution in [0.15, 0.2) is 4.52 Å². The minimum absolute atomic E-state index is 0.0303. The summed E-state index contributed by atoms with van der Waals surface area (Å²) >= 11 is 0. The van der Waals surface area contributed by atoms with Gasteiger partial charge in [-0.05, 0) is 13.5 Å². The Balaban J connectivity index is 1.99. The highest BCUT2D eigenvalue weighted by molar-refractivity contribution is 4.95. The Morgan fingerprint density at radius 2 is 2.41 bits per heavy atom. The zero-order valence-corrected chi connectivity index (χ0v) is 10.4. The van der Waals surface area contributed by atoms with Crippen molar-refractivity contribution in [3.05, 3.63) is 11.7 Å². The van der Waals surface area contributed by atoms with Crippen LogP contribution in [-0.2, 0) is 11.2 Å². The zero-order valence-electron chi connectivity index (χ0n) is 10.4. The van der Waals surface area contributed by atoms with Gasteiger partial charge in [0.2, 0.25) is 11.7 Å². The van der Waals surface area contributed by atoms with Crippen LogP contribution in [0.3, 0.4) is 0 Å². The summed E-state index contributed by atoms with van der Waals surface area (Å²) in [6, 6.07) is 0.0303. The molecule has 0 radical (unpaired) electrons. The Morgan fingerprint density at radius 1 is 1.59 bits per heavy atom. The zero-order chi connectivity index (χ0) is 12.3. The molecule has 1 aliphatic heterocycles. The average Bonchev–Trinajstić information content (AvgIpc) is 2.77. The Hall–Kier alpha value is -0.980. The van der Waals surface area contributed by atoms with Crippen molar-refractivity contribution in [1.82, 2.24) is 15.0 Å². The van der Waals surface area contributed by atoms with Crippen LogP contribution in [0.4, 0.5) is 0 Å². The lowest BCUT2D eigenvalue weighted by molar-refractivity contribution is -0.0334. The molecule has 1 aromatic rings. The van der Waals surface area contributed by atoms with Gasteiger partial charge in [0.15, 0.2) is 0 Å². The molecule has 2 N–H and O–H groups in total. The number of nitrogens with zero attached hydrogens (tertiary/aromatic N) is 3. The van der Waals surface area contributed by atoms with Crippen molar-refractivity contribution in [3.8, 4) is 0 Å². The van der Waals surface area contributed by atoms with Crippen LogP contribution in [0.25, 0.3) is 0 Å². The third-order valence-electron chi connectivity index (χ3n) is 2.87. The monoisotopic (exact) mass is 240 g/mol. The fourth-order valence-electron chi connectivity index (χ4n) is 1.90. The average molecular weight is 240 g/mol. The molecule has 96 valence electrons. The van der Waals surface area contributed by atoms with Gasteiger partial charge in [-0.1, -0.05) is 12.1 Å². The maximum atomic E-state index is 5.69. The summed E-state index contributed by atoms with van der Waals surface area (Å²) in [6.45, 7) is 7.59. The molecule has 2 heterocycles. The van der Waals surface area contributed by atoms with Crippen LogP contribution in [0.5, 0.6) is 0 Å². The fraction of sp³-hybridized carbons (Fsp3) is 0.818. The Kier molecular flexibility index (Phi) is 4.09. The quantitative estimate of drug-likeness (QED) is 0.818. The maximum Gasteiger partial charge on any atom is 0.228 e. The van der Waals surface area contributed by atoms with Gasteiger partial charge in [0.1, 0.15) is 6.10 Å². The predicted octanol–water partition coefficient (Wildman–Crippen LogP) is 0.353. The molecule has 1 fully saturated rings. The summed E-state index contributed by atoms with van der Waals surface area (Å²) in [5, 5.41) is 3.97. The van der Waals surface area contributed by atoms with E-state index in [-0.39, 0.29) is 12.1 Å². The summed E-state index contributed by atoms with van der Waals surface area (Å²) in [7, 11) is 0. The van der Waals surface area contributed by atoms with E-state index in [0.29, 0.717) is 18.1 Å². The lowest BCUT2D eigenvalue weighted by atomic mass is 10.2. The first-order valence-electron chi connectivity index (χ1n) is 6.11. The maximum absolute atomic E-state index is 5.69. The molecule has 0 amide bonds. The second kappa shape index (κ2) is 5.57. The number of morpholine rings is 1. The number of hydrogen-bond donors (Lipinski definition) is 1. The Morgan fingerprint density at radius 3 is 3.12 bits per heavy atom. The molecule has 0 aromatic carbocycles. The van der Waals surface area contributed by atoms with E-state index in [1.807, 2.05) is 6.92 Å². The minimum Gasteiger partial charge on any atom is -0.367 e. The molecule has 0 saturated carbocycles. The first-order chi connectivity index (χ1) is 8.19. The summed E-state index contributed by atoms with van der Waals surface area (Å²) < 4.78 is 10.8. The number of likely N-dealkylation sites (N-methyl/N-ethyl adjacent to an activating group) is 1. The molecule has 0 bridgehead atoms. The summed E-state index contributed by atoms with van der Waals surface area (Å²) in [5.41, 5.74) is 5.69. The van der Waals surface area contributed by atoms with Crippen molar-refractivity contribution in [2.24, 2.45) is 5.73 Å². The predicted molar refractivity (Wildman–Crippen MR) is 62.5 cm³/mol. The third-order valence-corrected chi connectivity index (χ3v) is 2.87. The van der Waals surface area contributed by atoms with Crippen molar-refractivity contribution in [3.63, 3.8) is 0 Å². The number of rotatable bonds is 4. The van der Waals surface area contributed by atoms with Crippen molar-refractivity contribution in [1.29, 1.82) is 0 Å². The van der Waals surface area contributed by atoms with Gasteiger partial charge in [-0.2, -0.15) is 4.98 Å². The van der Waals surface area contributed by atoms with Crippen molar-refractivity contribution >= 4 is 0 Å². The van der Waals surface area contributed by atoms with E-state index >= 15 is 0 Å². The standard InChI is InChI=1S/C11H20N4O2/c1-3-15-4-5-16-9(7-15)11-13-10(17-14-11)6-8(2)12/h8-9H,3-7,12H2,1-2H3. The van der Waals surface area contributed by atoms with Gasteiger partial charge in [0.05, 0.1) is 6.61 Å². The largest absolute Gasteiger partial charge is 0.367 e. The van der Waals surface area contributed by atoms with E-state index in [1.54, 1.807) is 0 Å². The van der Waals surface area contributed by atoms with Crippen LogP contribution in [0.1, 0.15) is 31.7 Å². The van der Waals surface area contributed by atoms with Crippen LogP contribution in [0, 0.1) is 0 Å². The van der Waals surface area contributed by atoms with Crippen molar-refractivity contribution in [2.75, 3.05) is 26.2 Å².